The lowest BCUT2D eigenvalue weighted by molar-refractivity contribution is 0.415. The van der Waals surface area contributed by atoms with Crippen LogP contribution in [0.4, 0.5) is 5.69 Å². The molecule has 0 unspecified atom stereocenters. The molecule has 1 aromatic heterocycles. The Kier molecular flexibility index (Phi) is 3.61. The summed E-state index contributed by atoms with van der Waals surface area (Å²) in [4.78, 5) is 11.5. The van der Waals surface area contributed by atoms with E-state index < -0.39 is 15.8 Å². The number of benzene rings is 2. The molecule has 1 heterocycles. The Bertz CT molecular complexity index is 1020. The summed E-state index contributed by atoms with van der Waals surface area (Å²) in [5, 5.41) is 0. The van der Waals surface area contributed by atoms with Crippen molar-refractivity contribution in [3.8, 4) is 5.75 Å². The van der Waals surface area contributed by atoms with Crippen LogP contribution in [0.15, 0.2) is 56.6 Å². The maximum Gasteiger partial charge on any atom is 0.419 e. The van der Waals surface area contributed by atoms with E-state index in [9.17, 15) is 13.2 Å². The van der Waals surface area contributed by atoms with Crippen molar-refractivity contribution in [2.45, 2.75) is 4.90 Å². The molecule has 2 aromatic carbocycles. The number of oxazole rings is 1. The lowest BCUT2D eigenvalue weighted by Crippen LogP contribution is -2.12. The number of hydrogen-bond donors (Lipinski definition) is 1. The Balaban J connectivity index is 1.96. The normalized spacial score (nSPS) is 11.6. The first-order chi connectivity index (χ1) is 10.9. The summed E-state index contributed by atoms with van der Waals surface area (Å²) in [5.74, 6) is 0.0816. The number of methoxy groups -OCH3 is 1. The highest BCUT2D eigenvalue weighted by Crippen LogP contribution is 2.22. The van der Waals surface area contributed by atoms with E-state index in [0.29, 0.717) is 17.0 Å². The second kappa shape index (κ2) is 5.47. The van der Waals surface area contributed by atoms with Crippen molar-refractivity contribution in [1.82, 2.24) is 4.57 Å². The fourth-order valence-corrected chi connectivity index (χ4v) is 3.23. The molecule has 1 N–H and O–H groups in total. The van der Waals surface area contributed by atoms with E-state index in [1.54, 1.807) is 31.3 Å². The van der Waals surface area contributed by atoms with Crippen LogP contribution in [0.3, 0.4) is 0 Å². The van der Waals surface area contributed by atoms with E-state index in [4.69, 9.17) is 9.15 Å². The highest BCUT2D eigenvalue weighted by molar-refractivity contribution is 7.92. The second-order valence-corrected chi connectivity index (χ2v) is 6.57. The molecule has 0 amide bonds. The Morgan fingerprint density at radius 2 is 1.83 bits per heavy atom. The van der Waals surface area contributed by atoms with Crippen LogP contribution in [-0.2, 0) is 17.1 Å². The van der Waals surface area contributed by atoms with Crippen LogP contribution >= 0.6 is 0 Å². The highest BCUT2D eigenvalue weighted by atomic mass is 32.2. The van der Waals surface area contributed by atoms with Crippen molar-refractivity contribution >= 4 is 26.8 Å². The molecule has 8 heteroatoms. The van der Waals surface area contributed by atoms with Gasteiger partial charge in [-0.05, 0) is 36.4 Å². The molecule has 7 nitrogen and oxygen atoms in total. The monoisotopic (exact) mass is 334 g/mol. The van der Waals surface area contributed by atoms with Crippen LogP contribution in [0.5, 0.6) is 5.75 Å². The zero-order chi connectivity index (χ0) is 16.6. The molecule has 3 rings (SSSR count). The average molecular weight is 334 g/mol. The van der Waals surface area contributed by atoms with Gasteiger partial charge >= 0.3 is 5.76 Å². The van der Waals surface area contributed by atoms with E-state index in [1.807, 2.05) is 0 Å². The maximum absolute atomic E-state index is 12.4. The molecule has 0 radical (unpaired) electrons. The Morgan fingerprint density at radius 3 is 2.48 bits per heavy atom. The minimum absolute atomic E-state index is 0.00941. The van der Waals surface area contributed by atoms with Crippen molar-refractivity contribution in [3.63, 3.8) is 0 Å². The van der Waals surface area contributed by atoms with Crippen LogP contribution in [0, 0.1) is 0 Å². The van der Waals surface area contributed by atoms with E-state index in [-0.39, 0.29) is 10.5 Å². The molecule has 0 atom stereocenters. The average Bonchev–Trinajstić information content (AvgIpc) is 2.82. The van der Waals surface area contributed by atoms with E-state index in [1.165, 1.54) is 29.9 Å². The minimum Gasteiger partial charge on any atom is -0.497 e. The number of hydrogen-bond acceptors (Lipinski definition) is 5. The number of nitrogens with zero attached hydrogens (tertiary/aromatic N) is 1. The zero-order valence-electron chi connectivity index (χ0n) is 12.4. The topological polar surface area (TPSA) is 90.5 Å². The molecule has 0 saturated heterocycles. The van der Waals surface area contributed by atoms with Crippen LogP contribution in [0.25, 0.3) is 11.1 Å². The third kappa shape index (κ3) is 2.80. The third-order valence-electron chi connectivity index (χ3n) is 3.42. The predicted octanol–water partition coefficient (Wildman–Crippen LogP) is 1.94. The number of aromatic nitrogens is 1. The van der Waals surface area contributed by atoms with Gasteiger partial charge in [0.1, 0.15) is 5.75 Å². The summed E-state index contributed by atoms with van der Waals surface area (Å²) in [6, 6.07) is 10.8. The molecule has 0 bridgehead atoms. The molecule has 0 spiro atoms. The minimum atomic E-state index is -3.79. The standard InChI is InChI=1S/C15H14N2O5S/c1-17-13-8-7-12(9-14(13)22-15(17)18)23(19,20)16-10-3-5-11(21-2)6-4-10/h3-9,16H,1-2H3. The van der Waals surface area contributed by atoms with Gasteiger partial charge in [-0.15, -0.1) is 0 Å². The van der Waals surface area contributed by atoms with Gasteiger partial charge in [0.05, 0.1) is 17.5 Å². The molecular weight excluding hydrogens is 320 g/mol. The first-order valence-electron chi connectivity index (χ1n) is 6.67. The van der Waals surface area contributed by atoms with Gasteiger partial charge in [0, 0.05) is 18.8 Å². The largest absolute Gasteiger partial charge is 0.497 e. The number of fused-ring (bicyclic) bond motifs is 1. The Labute approximate surface area is 132 Å². The van der Waals surface area contributed by atoms with Gasteiger partial charge < -0.3 is 9.15 Å². The summed E-state index contributed by atoms with van der Waals surface area (Å²) in [5.41, 5.74) is 1.15. The second-order valence-electron chi connectivity index (χ2n) is 4.89. The third-order valence-corrected chi connectivity index (χ3v) is 4.80. The molecule has 0 saturated carbocycles. The molecule has 120 valence electrons. The molecule has 3 aromatic rings. The van der Waals surface area contributed by atoms with E-state index in [0.717, 1.165) is 0 Å². The lowest BCUT2D eigenvalue weighted by Gasteiger charge is -2.08. The quantitative estimate of drug-likeness (QED) is 0.787. The molecule has 0 aliphatic carbocycles. The molecular formula is C15H14N2O5S. The number of aryl methyl sites for hydroxylation is 1. The molecule has 0 fully saturated rings. The Hall–Kier alpha value is -2.74. The van der Waals surface area contributed by atoms with Crippen LogP contribution in [0.2, 0.25) is 0 Å². The van der Waals surface area contributed by atoms with Crippen LogP contribution < -0.4 is 15.2 Å². The van der Waals surface area contributed by atoms with Gasteiger partial charge in [-0.2, -0.15) is 0 Å². The van der Waals surface area contributed by atoms with Crippen LogP contribution in [-0.4, -0.2) is 20.1 Å². The predicted molar refractivity (Wildman–Crippen MR) is 85.3 cm³/mol. The summed E-state index contributed by atoms with van der Waals surface area (Å²) in [6.45, 7) is 0. The highest BCUT2D eigenvalue weighted by Gasteiger charge is 2.17. The van der Waals surface area contributed by atoms with Crippen molar-refractivity contribution in [2.24, 2.45) is 7.05 Å². The fourth-order valence-electron chi connectivity index (χ4n) is 2.15. The van der Waals surface area contributed by atoms with Crippen molar-refractivity contribution < 1.29 is 17.6 Å². The van der Waals surface area contributed by atoms with E-state index >= 15 is 0 Å². The van der Waals surface area contributed by atoms with Crippen molar-refractivity contribution in [2.75, 3.05) is 11.8 Å². The molecule has 0 aliphatic rings. The van der Waals surface area contributed by atoms with Gasteiger partial charge in [-0.25, -0.2) is 13.2 Å². The van der Waals surface area contributed by atoms with E-state index in [2.05, 4.69) is 4.72 Å². The smallest absolute Gasteiger partial charge is 0.419 e. The Morgan fingerprint density at radius 1 is 1.13 bits per heavy atom. The van der Waals surface area contributed by atoms with Gasteiger partial charge in [-0.1, -0.05) is 0 Å². The van der Waals surface area contributed by atoms with Gasteiger partial charge in [0.25, 0.3) is 10.0 Å². The van der Waals surface area contributed by atoms with Gasteiger partial charge in [0.15, 0.2) is 5.58 Å². The van der Waals surface area contributed by atoms with Crippen molar-refractivity contribution in [1.29, 1.82) is 0 Å². The number of nitrogens with one attached hydrogen (secondary N) is 1. The first-order valence-corrected chi connectivity index (χ1v) is 8.15. The summed E-state index contributed by atoms with van der Waals surface area (Å²) >= 11 is 0. The van der Waals surface area contributed by atoms with Gasteiger partial charge in [0.2, 0.25) is 0 Å². The zero-order valence-corrected chi connectivity index (χ0v) is 13.3. The number of ether oxygens (including phenoxy) is 1. The summed E-state index contributed by atoms with van der Waals surface area (Å²) in [6.07, 6.45) is 0. The summed E-state index contributed by atoms with van der Waals surface area (Å²) < 4.78 is 38.7. The van der Waals surface area contributed by atoms with Crippen LogP contribution in [0.1, 0.15) is 0 Å². The number of rotatable bonds is 4. The lowest BCUT2D eigenvalue weighted by atomic mass is 10.3. The number of sulfonamides is 1. The number of anilines is 1. The SMILES string of the molecule is COc1ccc(NS(=O)(=O)c2ccc3c(c2)oc(=O)n3C)cc1. The fraction of sp³-hybridized carbons (Fsp3) is 0.133. The maximum atomic E-state index is 12.4. The molecule has 23 heavy (non-hydrogen) atoms. The van der Waals surface area contributed by atoms with Gasteiger partial charge in [-0.3, -0.25) is 9.29 Å². The molecule has 0 aliphatic heterocycles. The first kappa shape index (κ1) is 15.2. The summed E-state index contributed by atoms with van der Waals surface area (Å²) in [7, 11) is -0.707. The van der Waals surface area contributed by atoms with Crippen molar-refractivity contribution in [3.05, 3.63) is 53.0 Å².